The zero-order chi connectivity index (χ0) is 20.2. The summed E-state index contributed by atoms with van der Waals surface area (Å²) in [5.41, 5.74) is 1.01. The van der Waals surface area contributed by atoms with Crippen LogP contribution in [-0.4, -0.2) is 24.1 Å². The number of ether oxygens (including phenoxy) is 1. The molecule has 0 spiro atoms. The molecule has 0 bridgehead atoms. The van der Waals surface area contributed by atoms with Crippen molar-refractivity contribution in [2.24, 2.45) is 4.99 Å². The van der Waals surface area contributed by atoms with Crippen LogP contribution in [-0.2, 0) is 4.79 Å². The largest absolute Gasteiger partial charge is 0.495 e. The molecule has 1 aromatic heterocycles. The number of thiophene rings is 1. The van der Waals surface area contributed by atoms with Gasteiger partial charge in [-0.1, -0.05) is 36.4 Å². The molecular weight excluding hydrogens is 404 g/mol. The summed E-state index contributed by atoms with van der Waals surface area (Å²) >= 11 is 2.72. The highest BCUT2D eigenvalue weighted by Gasteiger charge is 2.36. The quantitative estimate of drug-likeness (QED) is 0.553. The maximum atomic E-state index is 13.2. The van der Waals surface area contributed by atoms with E-state index in [1.54, 1.807) is 43.5 Å². The van der Waals surface area contributed by atoms with Crippen molar-refractivity contribution in [3.05, 3.63) is 87.5 Å². The van der Waals surface area contributed by atoms with Crippen LogP contribution >= 0.6 is 23.1 Å². The highest BCUT2D eigenvalue weighted by molar-refractivity contribution is 8.19. The van der Waals surface area contributed by atoms with Gasteiger partial charge in [0.15, 0.2) is 5.17 Å². The molecule has 2 amide bonds. The van der Waals surface area contributed by atoms with Gasteiger partial charge in [-0.15, -0.1) is 11.3 Å². The van der Waals surface area contributed by atoms with E-state index in [-0.39, 0.29) is 5.91 Å². The first-order valence-electron chi connectivity index (χ1n) is 8.76. The lowest BCUT2D eigenvalue weighted by Crippen LogP contribution is -2.29. The molecule has 144 valence electrons. The molecular formula is C22H16N2O3S2. The van der Waals surface area contributed by atoms with Gasteiger partial charge in [-0.2, -0.15) is 4.99 Å². The molecule has 0 unspecified atom stereocenters. The first kappa shape index (κ1) is 19.2. The fraction of sp³-hybridized carbons (Fsp3) is 0.0455. The number of aliphatic imine (C=N–C) groups is 1. The number of carbonyl (C=O) groups is 2. The van der Waals surface area contributed by atoms with Crippen LogP contribution in [0.15, 0.2) is 82.0 Å². The second-order valence-corrected chi connectivity index (χ2v) is 7.99. The Balaban J connectivity index is 1.79. The Kier molecular flexibility index (Phi) is 5.59. The molecule has 0 radical (unpaired) electrons. The molecule has 0 aliphatic carbocycles. The first-order chi connectivity index (χ1) is 14.2. The molecule has 1 aliphatic heterocycles. The monoisotopic (exact) mass is 420 g/mol. The van der Waals surface area contributed by atoms with E-state index in [0.717, 1.165) is 4.88 Å². The zero-order valence-corrected chi connectivity index (χ0v) is 17.1. The number of hydrogen-bond donors (Lipinski definition) is 0. The highest BCUT2D eigenvalue weighted by atomic mass is 32.2. The number of benzene rings is 2. The summed E-state index contributed by atoms with van der Waals surface area (Å²) in [4.78, 5) is 33.0. The minimum absolute atomic E-state index is 0.243. The van der Waals surface area contributed by atoms with Crippen LogP contribution in [0.4, 0.5) is 5.69 Å². The number of hydrogen-bond acceptors (Lipinski definition) is 5. The molecule has 0 N–H and O–H groups in total. The number of para-hydroxylation sites is 2. The molecule has 5 nitrogen and oxygen atoms in total. The van der Waals surface area contributed by atoms with Gasteiger partial charge in [-0.05, 0) is 53.5 Å². The Morgan fingerprint density at radius 3 is 2.52 bits per heavy atom. The minimum Gasteiger partial charge on any atom is -0.495 e. The van der Waals surface area contributed by atoms with Gasteiger partial charge >= 0.3 is 0 Å². The van der Waals surface area contributed by atoms with Crippen molar-refractivity contribution in [3.63, 3.8) is 0 Å². The normalized spacial score (nSPS) is 16.6. The summed E-state index contributed by atoms with van der Waals surface area (Å²) in [5.74, 6) is -0.121. The summed E-state index contributed by atoms with van der Waals surface area (Å²) < 4.78 is 5.42. The van der Waals surface area contributed by atoms with Crippen LogP contribution in [0.2, 0.25) is 0 Å². The van der Waals surface area contributed by atoms with Crippen molar-refractivity contribution in [2.45, 2.75) is 0 Å². The van der Waals surface area contributed by atoms with Gasteiger partial charge in [0.1, 0.15) is 5.75 Å². The molecule has 29 heavy (non-hydrogen) atoms. The fourth-order valence-corrected chi connectivity index (χ4v) is 4.50. The van der Waals surface area contributed by atoms with Crippen LogP contribution < -0.4 is 9.64 Å². The Hall–Kier alpha value is -3.16. The molecule has 0 saturated carbocycles. The predicted molar refractivity (Wildman–Crippen MR) is 119 cm³/mol. The third-order valence-corrected chi connectivity index (χ3v) is 5.96. The number of rotatable bonds is 4. The SMILES string of the molecule is COc1ccccc1N1C(=O)C(=Cc2cccs2)SC1=NC(=O)c1ccccc1. The molecule has 3 aromatic rings. The van der Waals surface area contributed by atoms with E-state index in [0.29, 0.717) is 27.1 Å². The van der Waals surface area contributed by atoms with E-state index in [9.17, 15) is 9.59 Å². The number of amidine groups is 1. The number of carbonyl (C=O) groups excluding carboxylic acids is 2. The Bertz CT molecular complexity index is 1110. The van der Waals surface area contributed by atoms with Gasteiger partial charge in [-0.3, -0.25) is 14.5 Å². The molecule has 0 atom stereocenters. The van der Waals surface area contributed by atoms with Gasteiger partial charge in [0, 0.05) is 10.4 Å². The van der Waals surface area contributed by atoms with Gasteiger partial charge in [-0.25, -0.2) is 0 Å². The maximum Gasteiger partial charge on any atom is 0.279 e. The summed E-state index contributed by atoms with van der Waals surface area (Å²) in [6.45, 7) is 0. The van der Waals surface area contributed by atoms with Gasteiger partial charge in [0.25, 0.3) is 11.8 Å². The molecule has 2 aromatic carbocycles. The smallest absolute Gasteiger partial charge is 0.279 e. The fourth-order valence-electron chi connectivity index (χ4n) is 2.81. The third kappa shape index (κ3) is 4.01. The number of methoxy groups -OCH3 is 1. The van der Waals surface area contributed by atoms with Gasteiger partial charge < -0.3 is 4.74 Å². The third-order valence-electron chi connectivity index (χ3n) is 4.17. The highest BCUT2D eigenvalue weighted by Crippen LogP contribution is 2.40. The van der Waals surface area contributed by atoms with E-state index >= 15 is 0 Å². The maximum absolute atomic E-state index is 13.2. The molecule has 1 saturated heterocycles. The van der Waals surface area contributed by atoms with Gasteiger partial charge in [0.05, 0.1) is 17.7 Å². The predicted octanol–water partition coefficient (Wildman–Crippen LogP) is 5.07. The molecule has 7 heteroatoms. The molecule has 1 aliphatic rings. The Labute approximate surface area is 176 Å². The zero-order valence-electron chi connectivity index (χ0n) is 15.4. The van der Waals surface area contributed by atoms with Crippen molar-refractivity contribution in [1.82, 2.24) is 0 Å². The number of anilines is 1. The average Bonchev–Trinajstić information content (AvgIpc) is 3.37. The lowest BCUT2D eigenvalue weighted by molar-refractivity contribution is -0.113. The second kappa shape index (κ2) is 8.46. The standard InChI is InChI=1S/C22H16N2O3S2/c1-27-18-12-6-5-11-17(18)24-21(26)19(14-16-10-7-13-28-16)29-22(24)23-20(25)15-8-3-2-4-9-15/h2-14H,1H3. The lowest BCUT2D eigenvalue weighted by Gasteiger charge is -2.18. The Morgan fingerprint density at radius 1 is 1.03 bits per heavy atom. The minimum atomic E-state index is -0.404. The van der Waals surface area contributed by atoms with E-state index in [4.69, 9.17) is 4.74 Å². The van der Waals surface area contributed by atoms with Crippen molar-refractivity contribution in [1.29, 1.82) is 0 Å². The summed E-state index contributed by atoms with van der Waals surface area (Å²) in [6.07, 6.45) is 1.82. The second-order valence-electron chi connectivity index (χ2n) is 6.00. The topological polar surface area (TPSA) is 59.0 Å². The van der Waals surface area contributed by atoms with Crippen molar-refractivity contribution in [2.75, 3.05) is 12.0 Å². The van der Waals surface area contributed by atoms with E-state index in [1.807, 2.05) is 41.8 Å². The van der Waals surface area contributed by atoms with Crippen LogP contribution in [0.1, 0.15) is 15.2 Å². The molecule has 4 rings (SSSR count). The van der Waals surface area contributed by atoms with E-state index < -0.39 is 5.91 Å². The molecule has 1 fully saturated rings. The lowest BCUT2D eigenvalue weighted by atomic mass is 10.2. The average molecular weight is 421 g/mol. The van der Waals surface area contributed by atoms with Crippen molar-refractivity contribution < 1.29 is 14.3 Å². The van der Waals surface area contributed by atoms with Crippen LogP contribution in [0.25, 0.3) is 6.08 Å². The van der Waals surface area contributed by atoms with Crippen LogP contribution in [0, 0.1) is 0 Å². The van der Waals surface area contributed by atoms with Gasteiger partial charge in [0.2, 0.25) is 0 Å². The summed E-state index contributed by atoms with van der Waals surface area (Å²) in [6, 6.07) is 19.8. The number of nitrogens with zero attached hydrogens (tertiary/aromatic N) is 2. The Morgan fingerprint density at radius 2 is 1.79 bits per heavy atom. The van der Waals surface area contributed by atoms with E-state index in [1.165, 1.54) is 28.0 Å². The van der Waals surface area contributed by atoms with Crippen LogP contribution in [0.5, 0.6) is 5.75 Å². The number of amides is 2. The van der Waals surface area contributed by atoms with Crippen molar-refractivity contribution in [3.8, 4) is 5.75 Å². The van der Waals surface area contributed by atoms with Crippen LogP contribution in [0.3, 0.4) is 0 Å². The summed E-state index contributed by atoms with van der Waals surface area (Å²) in [5, 5.41) is 2.25. The first-order valence-corrected chi connectivity index (χ1v) is 10.5. The van der Waals surface area contributed by atoms with E-state index in [2.05, 4.69) is 4.99 Å². The number of thioether (sulfide) groups is 1. The summed E-state index contributed by atoms with van der Waals surface area (Å²) in [7, 11) is 1.54. The molecule has 2 heterocycles. The van der Waals surface area contributed by atoms with Crippen molar-refractivity contribution >= 4 is 51.8 Å².